The minimum absolute atomic E-state index is 0.0555. The van der Waals surface area contributed by atoms with Crippen molar-refractivity contribution >= 4 is 11.9 Å². The number of hydrogen-bond donors (Lipinski definition) is 1. The van der Waals surface area contributed by atoms with Crippen molar-refractivity contribution in [1.29, 1.82) is 5.26 Å². The number of carbonyl (C=O) groups excluding carboxylic acids is 1. The highest BCUT2D eigenvalue weighted by Gasteiger charge is 2.20. The van der Waals surface area contributed by atoms with Gasteiger partial charge in [0.15, 0.2) is 6.61 Å². The van der Waals surface area contributed by atoms with Crippen LogP contribution in [0.5, 0.6) is 5.75 Å². The summed E-state index contributed by atoms with van der Waals surface area (Å²) < 4.78 is 38.6. The summed E-state index contributed by atoms with van der Waals surface area (Å²) in [6, 6.07) is 9.72. The highest BCUT2D eigenvalue weighted by Crippen LogP contribution is 2.21. The second-order valence-corrected chi connectivity index (χ2v) is 6.60. The molecule has 0 fully saturated rings. The van der Waals surface area contributed by atoms with Crippen LogP contribution in [-0.2, 0) is 24.3 Å². The first kappa shape index (κ1) is 21.7. The van der Waals surface area contributed by atoms with Crippen LogP contribution in [-0.4, -0.2) is 27.6 Å². The summed E-state index contributed by atoms with van der Waals surface area (Å²) in [5.74, 6) is -1.34. The Bertz CT molecular complexity index is 1130. The largest absolute Gasteiger partial charge is 0.483 e. The van der Waals surface area contributed by atoms with Crippen LogP contribution in [0.3, 0.4) is 0 Å². The van der Waals surface area contributed by atoms with Crippen molar-refractivity contribution in [2.24, 2.45) is 0 Å². The van der Waals surface area contributed by atoms with Gasteiger partial charge in [-0.1, -0.05) is 24.2 Å². The van der Waals surface area contributed by atoms with Gasteiger partial charge < -0.3 is 19.8 Å². The molecule has 1 heterocycles. The lowest BCUT2D eigenvalue weighted by molar-refractivity contribution is -0.135. The van der Waals surface area contributed by atoms with Crippen LogP contribution >= 0.6 is 0 Å². The molecule has 0 saturated carbocycles. The minimum Gasteiger partial charge on any atom is -0.483 e. The number of benzene rings is 2. The van der Waals surface area contributed by atoms with Crippen molar-refractivity contribution in [3.8, 4) is 11.8 Å². The number of aryl methyl sites for hydroxylation is 1. The standard InChI is InChI=1S/C21H19F2N5O3/c1-2-14-5-6-16(22)8-18(14)30-12-20(29)28(11-19-26-27-21(25)31-19)10-15-4-3-13(9-24)7-17(15)23/h3-8H,2,10-12H2,1H3,(H2,25,27). The zero-order chi connectivity index (χ0) is 22.4. The van der Waals surface area contributed by atoms with Gasteiger partial charge in [-0.25, -0.2) is 8.78 Å². The summed E-state index contributed by atoms with van der Waals surface area (Å²) in [6.07, 6.45) is 0.589. The zero-order valence-electron chi connectivity index (χ0n) is 16.6. The lowest BCUT2D eigenvalue weighted by atomic mass is 10.1. The van der Waals surface area contributed by atoms with E-state index in [0.717, 1.165) is 11.6 Å². The van der Waals surface area contributed by atoms with Crippen molar-refractivity contribution in [2.45, 2.75) is 26.4 Å². The number of nitriles is 1. The fourth-order valence-electron chi connectivity index (χ4n) is 2.86. The molecule has 160 valence electrons. The summed E-state index contributed by atoms with van der Waals surface area (Å²) in [5, 5.41) is 16.2. The lowest BCUT2D eigenvalue weighted by Crippen LogP contribution is -2.34. The number of aromatic nitrogens is 2. The molecule has 0 radical (unpaired) electrons. The molecule has 8 nitrogen and oxygen atoms in total. The van der Waals surface area contributed by atoms with Crippen LogP contribution in [0.25, 0.3) is 0 Å². The molecule has 0 aliphatic carbocycles. The molecule has 1 amide bonds. The Labute approximate surface area is 176 Å². The van der Waals surface area contributed by atoms with Gasteiger partial charge in [-0.3, -0.25) is 4.79 Å². The second kappa shape index (κ2) is 9.67. The molecule has 0 unspecified atom stereocenters. The Morgan fingerprint density at radius 2 is 1.97 bits per heavy atom. The molecule has 0 aliphatic rings. The maximum atomic E-state index is 14.4. The summed E-state index contributed by atoms with van der Waals surface area (Å²) in [7, 11) is 0. The molecular weight excluding hydrogens is 408 g/mol. The third-order valence-electron chi connectivity index (χ3n) is 4.47. The molecule has 31 heavy (non-hydrogen) atoms. The van der Waals surface area contributed by atoms with E-state index >= 15 is 0 Å². The van der Waals surface area contributed by atoms with Gasteiger partial charge in [0.2, 0.25) is 5.89 Å². The van der Waals surface area contributed by atoms with Gasteiger partial charge in [-0.2, -0.15) is 5.26 Å². The van der Waals surface area contributed by atoms with E-state index in [2.05, 4.69) is 10.2 Å². The number of nitrogens with zero attached hydrogens (tertiary/aromatic N) is 4. The van der Waals surface area contributed by atoms with Crippen LogP contribution in [0, 0.1) is 23.0 Å². The molecule has 3 aromatic rings. The molecule has 2 aromatic carbocycles. The number of carbonyl (C=O) groups is 1. The quantitative estimate of drug-likeness (QED) is 0.587. The molecular formula is C21H19F2N5O3. The number of anilines is 1. The highest BCUT2D eigenvalue weighted by atomic mass is 19.1. The molecule has 0 atom stereocenters. The molecule has 2 N–H and O–H groups in total. The Morgan fingerprint density at radius 3 is 2.61 bits per heavy atom. The van der Waals surface area contributed by atoms with Gasteiger partial charge in [-0.15, -0.1) is 5.10 Å². The average Bonchev–Trinajstić information content (AvgIpc) is 3.17. The summed E-state index contributed by atoms with van der Waals surface area (Å²) in [5.41, 5.74) is 6.50. The highest BCUT2D eigenvalue weighted by molar-refractivity contribution is 5.77. The average molecular weight is 427 g/mol. The molecule has 0 aliphatic heterocycles. The predicted molar refractivity (Wildman–Crippen MR) is 105 cm³/mol. The Kier molecular flexibility index (Phi) is 6.77. The smallest absolute Gasteiger partial charge is 0.312 e. The number of rotatable bonds is 8. The van der Waals surface area contributed by atoms with Gasteiger partial charge in [0.25, 0.3) is 5.91 Å². The first-order chi connectivity index (χ1) is 14.9. The van der Waals surface area contributed by atoms with E-state index in [0.29, 0.717) is 6.42 Å². The zero-order valence-corrected chi connectivity index (χ0v) is 16.6. The van der Waals surface area contributed by atoms with Crippen molar-refractivity contribution in [3.05, 3.63) is 70.6 Å². The number of ether oxygens (including phenoxy) is 1. The van der Waals surface area contributed by atoms with Gasteiger partial charge in [0.05, 0.1) is 18.2 Å². The van der Waals surface area contributed by atoms with E-state index < -0.39 is 24.1 Å². The van der Waals surface area contributed by atoms with Crippen molar-refractivity contribution < 1.29 is 22.7 Å². The van der Waals surface area contributed by atoms with E-state index in [4.69, 9.17) is 20.1 Å². The molecule has 1 aromatic heterocycles. The van der Waals surface area contributed by atoms with Gasteiger partial charge in [0.1, 0.15) is 17.4 Å². The van der Waals surface area contributed by atoms with Crippen LogP contribution in [0.2, 0.25) is 0 Å². The van der Waals surface area contributed by atoms with Crippen molar-refractivity contribution in [2.75, 3.05) is 12.3 Å². The number of halogens is 2. The maximum absolute atomic E-state index is 14.4. The predicted octanol–water partition coefficient (Wildman–Crippen LogP) is 2.97. The summed E-state index contributed by atoms with van der Waals surface area (Å²) >= 11 is 0. The second-order valence-electron chi connectivity index (χ2n) is 6.60. The normalized spacial score (nSPS) is 10.5. The van der Waals surface area contributed by atoms with Gasteiger partial charge in [0, 0.05) is 18.2 Å². The van der Waals surface area contributed by atoms with E-state index in [1.807, 2.05) is 13.0 Å². The number of nitrogens with two attached hydrogens (primary N) is 1. The van der Waals surface area contributed by atoms with Gasteiger partial charge >= 0.3 is 6.01 Å². The van der Waals surface area contributed by atoms with Crippen LogP contribution in [0.1, 0.15) is 29.5 Å². The fourth-order valence-corrected chi connectivity index (χ4v) is 2.86. The SMILES string of the molecule is CCc1ccc(F)cc1OCC(=O)N(Cc1nnc(N)o1)Cc1ccc(C#N)cc1F. The monoisotopic (exact) mass is 427 g/mol. The van der Waals surface area contributed by atoms with Crippen LogP contribution < -0.4 is 10.5 Å². The molecule has 0 saturated heterocycles. The fraction of sp³-hybridized carbons (Fsp3) is 0.238. The third kappa shape index (κ3) is 5.54. The molecule has 0 bridgehead atoms. The van der Waals surface area contributed by atoms with Crippen LogP contribution in [0.4, 0.5) is 14.8 Å². The minimum atomic E-state index is -0.638. The van der Waals surface area contributed by atoms with E-state index in [9.17, 15) is 13.6 Å². The number of nitrogen functional groups attached to an aromatic ring is 1. The Hall–Kier alpha value is -4.00. The van der Waals surface area contributed by atoms with E-state index in [-0.39, 0.29) is 41.9 Å². The Balaban J connectivity index is 1.79. The number of hydrogen-bond acceptors (Lipinski definition) is 7. The first-order valence-corrected chi connectivity index (χ1v) is 9.35. The first-order valence-electron chi connectivity index (χ1n) is 9.35. The molecule has 3 rings (SSSR count). The Morgan fingerprint density at radius 1 is 1.19 bits per heavy atom. The summed E-state index contributed by atoms with van der Waals surface area (Å²) in [4.78, 5) is 14.1. The third-order valence-corrected chi connectivity index (χ3v) is 4.47. The van der Waals surface area contributed by atoms with E-state index in [1.165, 1.54) is 29.2 Å². The van der Waals surface area contributed by atoms with Crippen LogP contribution in [0.15, 0.2) is 40.8 Å². The maximum Gasteiger partial charge on any atom is 0.312 e. The van der Waals surface area contributed by atoms with Gasteiger partial charge in [-0.05, 0) is 30.2 Å². The topological polar surface area (TPSA) is 118 Å². The lowest BCUT2D eigenvalue weighted by Gasteiger charge is -2.22. The van der Waals surface area contributed by atoms with Crippen molar-refractivity contribution in [1.82, 2.24) is 15.1 Å². The molecule has 10 heteroatoms. The summed E-state index contributed by atoms with van der Waals surface area (Å²) in [6.45, 7) is 1.17. The van der Waals surface area contributed by atoms with Crippen molar-refractivity contribution in [3.63, 3.8) is 0 Å². The number of amides is 1. The molecule has 0 spiro atoms. The van der Waals surface area contributed by atoms with E-state index in [1.54, 1.807) is 6.07 Å².